The summed E-state index contributed by atoms with van der Waals surface area (Å²) in [6.07, 6.45) is 3.22. The van der Waals surface area contributed by atoms with Gasteiger partial charge in [-0.05, 0) is 32.7 Å². The lowest BCUT2D eigenvalue weighted by Gasteiger charge is -2.11. The van der Waals surface area contributed by atoms with E-state index < -0.39 is 10.0 Å². The van der Waals surface area contributed by atoms with Gasteiger partial charge in [0.25, 0.3) is 0 Å². The molecule has 1 rings (SSSR count). The molecule has 0 aliphatic carbocycles. The van der Waals surface area contributed by atoms with Gasteiger partial charge in [-0.15, -0.1) is 0 Å². The van der Waals surface area contributed by atoms with Crippen molar-refractivity contribution in [3.8, 4) is 0 Å². The summed E-state index contributed by atoms with van der Waals surface area (Å²) in [5.74, 6) is 0.0545. The highest BCUT2D eigenvalue weighted by molar-refractivity contribution is 7.89. The smallest absolute Gasteiger partial charge is 0.213 e. The molecule has 1 atom stereocenters. The fraction of sp³-hybridized carbons (Fsp3) is 1.00. The summed E-state index contributed by atoms with van der Waals surface area (Å²) in [4.78, 5) is 0. The van der Waals surface area contributed by atoms with Crippen LogP contribution in [0.25, 0.3) is 0 Å². The molecule has 1 heterocycles. The Labute approximate surface area is 98.0 Å². The van der Waals surface area contributed by atoms with Crippen LogP contribution in [-0.4, -0.2) is 46.5 Å². The molecule has 0 saturated carbocycles. The lowest BCUT2D eigenvalue weighted by Crippen LogP contribution is -2.33. The summed E-state index contributed by atoms with van der Waals surface area (Å²) in [6, 6.07) is 0.481. The molecule has 0 aromatic carbocycles. The SMILES string of the molecule is CCOCCS(=O)(=O)NCCC1CCCN1. The van der Waals surface area contributed by atoms with Crippen molar-refractivity contribution >= 4 is 10.0 Å². The molecule has 5 nitrogen and oxygen atoms in total. The van der Waals surface area contributed by atoms with E-state index in [2.05, 4.69) is 10.0 Å². The van der Waals surface area contributed by atoms with Gasteiger partial charge in [-0.25, -0.2) is 13.1 Å². The van der Waals surface area contributed by atoms with Gasteiger partial charge in [0.2, 0.25) is 10.0 Å². The number of sulfonamides is 1. The maximum atomic E-state index is 11.5. The lowest BCUT2D eigenvalue weighted by atomic mass is 10.2. The maximum absolute atomic E-state index is 11.5. The van der Waals surface area contributed by atoms with Crippen molar-refractivity contribution in [3.63, 3.8) is 0 Å². The average Bonchev–Trinajstić information content (AvgIpc) is 2.70. The van der Waals surface area contributed by atoms with Crippen molar-refractivity contribution in [2.45, 2.75) is 32.2 Å². The number of hydrogen-bond donors (Lipinski definition) is 2. The first-order chi connectivity index (χ1) is 7.64. The predicted molar refractivity (Wildman–Crippen MR) is 63.9 cm³/mol. The molecular weight excluding hydrogens is 228 g/mol. The summed E-state index contributed by atoms with van der Waals surface area (Å²) in [5, 5.41) is 3.34. The molecule has 6 heteroatoms. The highest BCUT2D eigenvalue weighted by atomic mass is 32.2. The van der Waals surface area contributed by atoms with Crippen molar-refractivity contribution < 1.29 is 13.2 Å². The van der Waals surface area contributed by atoms with Gasteiger partial charge in [0, 0.05) is 19.2 Å². The highest BCUT2D eigenvalue weighted by Gasteiger charge is 2.15. The van der Waals surface area contributed by atoms with Gasteiger partial charge in [-0.1, -0.05) is 0 Å². The molecule has 0 radical (unpaired) electrons. The van der Waals surface area contributed by atoms with Crippen LogP contribution in [0.3, 0.4) is 0 Å². The monoisotopic (exact) mass is 250 g/mol. The van der Waals surface area contributed by atoms with Gasteiger partial charge in [0.05, 0.1) is 12.4 Å². The van der Waals surface area contributed by atoms with E-state index in [-0.39, 0.29) is 12.4 Å². The first kappa shape index (κ1) is 13.9. The number of nitrogens with one attached hydrogen (secondary N) is 2. The minimum Gasteiger partial charge on any atom is -0.381 e. The highest BCUT2D eigenvalue weighted by Crippen LogP contribution is 2.07. The van der Waals surface area contributed by atoms with Gasteiger partial charge in [0.1, 0.15) is 0 Å². The van der Waals surface area contributed by atoms with Crippen LogP contribution in [0, 0.1) is 0 Å². The predicted octanol–water partition coefficient (Wildman–Crippen LogP) is 0.0844. The summed E-state index contributed by atoms with van der Waals surface area (Å²) in [6.45, 7) is 4.26. The molecule has 0 aromatic rings. The molecule has 1 unspecified atom stereocenters. The van der Waals surface area contributed by atoms with E-state index in [1.54, 1.807) is 0 Å². The van der Waals surface area contributed by atoms with E-state index in [0.717, 1.165) is 19.4 Å². The molecule has 1 aliphatic heterocycles. The van der Waals surface area contributed by atoms with Crippen LogP contribution in [0.15, 0.2) is 0 Å². The fourth-order valence-electron chi connectivity index (χ4n) is 1.78. The number of hydrogen-bond acceptors (Lipinski definition) is 4. The standard InChI is InChI=1S/C10H22N2O3S/c1-2-15-8-9-16(13,14)12-7-5-10-4-3-6-11-10/h10-12H,2-9H2,1H3. The first-order valence-electron chi connectivity index (χ1n) is 5.92. The third-order valence-electron chi connectivity index (χ3n) is 2.68. The van der Waals surface area contributed by atoms with Crippen LogP contribution in [0.5, 0.6) is 0 Å². The molecule has 0 bridgehead atoms. The molecule has 0 aromatic heterocycles. The number of ether oxygens (including phenoxy) is 1. The third kappa shape index (κ3) is 5.79. The Bertz CT molecular complexity index is 274. The maximum Gasteiger partial charge on any atom is 0.213 e. The van der Waals surface area contributed by atoms with E-state index >= 15 is 0 Å². The van der Waals surface area contributed by atoms with E-state index in [0.29, 0.717) is 19.2 Å². The molecule has 0 amide bonds. The Balaban J connectivity index is 2.09. The zero-order valence-electron chi connectivity index (χ0n) is 9.87. The molecule has 2 N–H and O–H groups in total. The van der Waals surface area contributed by atoms with Crippen LogP contribution in [0.2, 0.25) is 0 Å². The molecule has 1 aliphatic rings. The molecule has 1 saturated heterocycles. The second-order valence-electron chi connectivity index (χ2n) is 3.99. The summed E-state index contributed by atoms with van der Waals surface area (Å²) < 4.78 is 30.5. The van der Waals surface area contributed by atoms with Crippen molar-refractivity contribution in [2.75, 3.05) is 32.1 Å². The molecular formula is C10H22N2O3S. The summed E-state index contributed by atoms with van der Waals surface area (Å²) in [5.41, 5.74) is 0. The van der Waals surface area contributed by atoms with Crippen molar-refractivity contribution in [2.24, 2.45) is 0 Å². The Kier molecular flexibility index (Phi) is 6.26. The fourth-order valence-corrected chi connectivity index (χ4v) is 2.69. The van der Waals surface area contributed by atoms with Crippen molar-refractivity contribution in [3.05, 3.63) is 0 Å². The summed E-state index contributed by atoms with van der Waals surface area (Å²) in [7, 11) is -3.15. The van der Waals surface area contributed by atoms with Gasteiger partial charge in [-0.2, -0.15) is 0 Å². The minimum absolute atomic E-state index is 0.0545. The zero-order valence-corrected chi connectivity index (χ0v) is 10.7. The van der Waals surface area contributed by atoms with Gasteiger partial charge in [0.15, 0.2) is 0 Å². The second kappa shape index (κ2) is 7.21. The van der Waals surface area contributed by atoms with Gasteiger partial charge < -0.3 is 10.1 Å². The molecule has 16 heavy (non-hydrogen) atoms. The molecule has 1 fully saturated rings. The normalized spacial score (nSPS) is 21.4. The zero-order chi connectivity index (χ0) is 11.9. The van der Waals surface area contributed by atoms with E-state index in [9.17, 15) is 8.42 Å². The van der Waals surface area contributed by atoms with E-state index in [4.69, 9.17) is 4.74 Å². The third-order valence-corrected chi connectivity index (χ3v) is 4.03. The van der Waals surface area contributed by atoms with E-state index in [1.807, 2.05) is 6.92 Å². The van der Waals surface area contributed by atoms with Crippen molar-refractivity contribution in [1.82, 2.24) is 10.0 Å². The topological polar surface area (TPSA) is 67.4 Å². The molecule has 96 valence electrons. The van der Waals surface area contributed by atoms with Crippen LogP contribution in [-0.2, 0) is 14.8 Å². The van der Waals surface area contributed by atoms with E-state index in [1.165, 1.54) is 6.42 Å². The summed E-state index contributed by atoms with van der Waals surface area (Å²) >= 11 is 0. The Morgan fingerprint density at radius 3 is 2.94 bits per heavy atom. The quantitative estimate of drug-likeness (QED) is 0.599. The van der Waals surface area contributed by atoms with Crippen LogP contribution < -0.4 is 10.0 Å². The largest absolute Gasteiger partial charge is 0.381 e. The van der Waals surface area contributed by atoms with Crippen molar-refractivity contribution in [1.29, 1.82) is 0 Å². The Morgan fingerprint density at radius 2 is 2.31 bits per heavy atom. The number of rotatable bonds is 8. The Hall–Kier alpha value is -0.170. The van der Waals surface area contributed by atoms with Crippen LogP contribution >= 0.6 is 0 Å². The molecule has 0 spiro atoms. The second-order valence-corrected chi connectivity index (χ2v) is 5.92. The Morgan fingerprint density at radius 1 is 1.50 bits per heavy atom. The average molecular weight is 250 g/mol. The van der Waals surface area contributed by atoms with Crippen LogP contribution in [0.4, 0.5) is 0 Å². The minimum atomic E-state index is -3.15. The van der Waals surface area contributed by atoms with Gasteiger partial charge in [-0.3, -0.25) is 0 Å². The lowest BCUT2D eigenvalue weighted by molar-refractivity contribution is 0.163. The van der Waals surface area contributed by atoms with Crippen LogP contribution in [0.1, 0.15) is 26.2 Å². The van der Waals surface area contributed by atoms with Gasteiger partial charge >= 0.3 is 0 Å². The first-order valence-corrected chi connectivity index (χ1v) is 7.58.